The van der Waals surface area contributed by atoms with Crippen molar-refractivity contribution in [3.8, 4) is 0 Å². The largest absolute Gasteiger partial charge is 0.370 e. The second-order valence-electron chi connectivity index (χ2n) is 5.84. The highest BCUT2D eigenvalue weighted by Gasteiger charge is 2.18. The Kier molecular flexibility index (Phi) is 4.97. The van der Waals surface area contributed by atoms with E-state index in [-0.39, 0.29) is 5.75 Å². The summed E-state index contributed by atoms with van der Waals surface area (Å²) in [5.74, 6) is 1.71. The van der Waals surface area contributed by atoms with Crippen LogP contribution in [0.25, 0.3) is 0 Å². The zero-order valence-electron chi connectivity index (χ0n) is 13.0. The molecular weight excluding hydrogens is 312 g/mol. The minimum Gasteiger partial charge on any atom is -0.370 e. The van der Waals surface area contributed by atoms with Gasteiger partial charge >= 0.3 is 0 Å². The molecule has 0 spiro atoms. The van der Waals surface area contributed by atoms with Gasteiger partial charge in [-0.25, -0.2) is 13.1 Å². The molecule has 1 unspecified atom stereocenters. The Morgan fingerprint density at radius 2 is 2.09 bits per heavy atom. The van der Waals surface area contributed by atoms with Crippen molar-refractivity contribution in [2.45, 2.75) is 17.9 Å². The van der Waals surface area contributed by atoms with Crippen LogP contribution in [0.2, 0.25) is 0 Å². The van der Waals surface area contributed by atoms with Crippen molar-refractivity contribution in [1.82, 2.24) is 15.1 Å². The summed E-state index contributed by atoms with van der Waals surface area (Å²) in [7, 11) is -3.16. The summed E-state index contributed by atoms with van der Waals surface area (Å²) in [4.78, 5) is 0.405. The second-order valence-corrected chi connectivity index (χ2v) is 7.94. The molecule has 23 heavy (non-hydrogen) atoms. The minimum absolute atomic E-state index is 0.177. The number of rotatable bonds is 7. The smallest absolute Gasteiger partial charge is 0.178 e. The molecule has 0 saturated carbocycles. The maximum atomic E-state index is 12.2. The molecule has 0 amide bonds. The molecule has 2 aromatic rings. The number of sulfone groups is 1. The van der Waals surface area contributed by atoms with Crippen LogP contribution in [0.15, 0.2) is 47.5 Å². The van der Waals surface area contributed by atoms with E-state index in [9.17, 15) is 8.42 Å². The molecule has 0 saturated heterocycles. The number of aromatic nitrogens is 2. The molecule has 124 valence electrons. The summed E-state index contributed by atoms with van der Waals surface area (Å²) in [6.45, 7) is 3.37. The van der Waals surface area contributed by atoms with Crippen molar-refractivity contribution >= 4 is 15.7 Å². The van der Waals surface area contributed by atoms with Crippen LogP contribution in [-0.4, -0.2) is 43.6 Å². The number of anilines is 1. The summed E-state index contributed by atoms with van der Waals surface area (Å²) < 4.78 is 26.3. The maximum Gasteiger partial charge on any atom is 0.178 e. The van der Waals surface area contributed by atoms with E-state index in [2.05, 4.69) is 15.7 Å². The molecule has 7 heteroatoms. The van der Waals surface area contributed by atoms with Crippen LogP contribution < -0.4 is 10.6 Å². The monoisotopic (exact) mass is 334 g/mol. The molecule has 2 N–H and O–H groups in total. The fourth-order valence-electron chi connectivity index (χ4n) is 2.76. The third-order valence-electron chi connectivity index (χ3n) is 4.02. The maximum absolute atomic E-state index is 12.2. The van der Waals surface area contributed by atoms with Gasteiger partial charge in [0.2, 0.25) is 0 Å². The van der Waals surface area contributed by atoms with Gasteiger partial charge in [0.15, 0.2) is 9.84 Å². The zero-order chi connectivity index (χ0) is 16.1. The number of benzene rings is 1. The van der Waals surface area contributed by atoms with E-state index in [1.807, 2.05) is 16.8 Å². The van der Waals surface area contributed by atoms with Crippen LogP contribution in [0.4, 0.5) is 5.82 Å². The predicted octanol–water partition coefficient (Wildman–Crippen LogP) is 1.38. The summed E-state index contributed by atoms with van der Waals surface area (Å²) in [6.07, 6.45) is 2.41. The quantitative estimate of drug-likeness (QED) is 0.748. The van der Waals surface area contributed by atoms with E-state index >= 15 is 0 Å². The van der Waals surface area contributed by atoms with Crippen LogP contribution in [-0.2, 0) is 16.4 Å². The Morgan fingerprint density at radius 1 is 1.26 bits per heavy atom. The number of fused-ring (bicyclic) bond motifs is 1. The summed E-state index contributed by atoms with van der Waals surface area (Å²) in [5, 5.41) is 11.0. The molecule has 0 bridgehead atoms. The molecule has 6 nitrogen and oxygen atoms in total. The molecule has 0 fully saturated rings. The molecule has 1 aromatic heterocycles. The van der Waals surface area contributed by atoms with E-state index in [0.717, 1.165) is 25.5 Å². The van der Waals surface area contributed by atoms with Crippen molar-refractivity contribution in [2.75, 3.05) is 30.7 Å². The van der Waals surface area contributed by atoms with Crippen molar-refractivity contribution in [2.24, 2.45) is 5.92 Å². The fraction of sp³-hybridized carbons (Fsp3) is 0.438. The SMILES string of the molecule is O=S(=O)(CCCNCC1CNc2ccnn2C1)c1ccccc1. The van der Waals surface area contributed by atoms with E-state index in [4.69, 9.17) is 0 Å². The van der Waals surface area contributed by atoms with Crippen LogP contribution >= 0.6 is 0 Å². The summed E-state index contributed by atoms with van der Waals surface area (Å²) in [6, 6.07) is 10.6. The second kappa shape index (κ2) is 7.14. The van der Waals surface area contributed by atoms with Crippen molar-refractivity contribution in [3.05, 3.63) is 42.6 Å². The first-order chi connectivity index (χ1) is 11.1. The van der Waals surface area contributed by atoms with Crippen molar-refractivity contribution in [3.63, 3.8) is 0 Å². The fourth-order valence-corrected chi connectivity index (χ4v) is 4.09. The van der Waals surface area contributed by atoms with E-state index < -0.39 is 9.84 Å². The molecular formula is C16H22N4O2S. The first kappa shape index (κ1) is 16.0. The summed E-state index contributed by atoms with van der Waals surface area (Å²) >= 11 is 0. The highest BCUT2D eigenvalue weighted by Crippen LogP contribution is 2.15. The average molecular weight is 334 g/mol. The molecule has 1 atom stereocenters. The van der Waals surface area contributed by atoms with Gasteiger partial charge in [0.25, 0.3) is 0 Å². The van der Waals surface area contributed by atoms with Gasteiger partial charge in [0.1, 0.15) is 5.82 Å². The molecule has 0 radical (unpaired) electrons. The van der Waals surface area contributed by atoms with Gasteiger partial charge in [-0.15, -0.1) is 0 Å². The number of hydrogen-bond acceptors (Lipinski definition) is 5. The first-order valence-electron chi connectivity index (χ1n) is 7.89. The Bertz CT molecular complexity index is 728. The molecule has 1 aliphatic rings. The van der Waals surface area contributed by atoms with Crippen molar-refractivity contribution < 1.29 is 8.42 Å². The van der Waals surface area contributed by atoms with Gasteiger partial charge in [-0.2, -0.15) is 5.10 Å². The van der Waals surface area contributed by atoms with Gasteiger partial charge in [0, 0.05) is 31.6 Å². The average Bonchev–Trinajstić information content (AvgIpc) is 3.03. The Labute approximate surface area is 136 Å². The van der Waals surface area contributed by atoms with Gasteiger partial charge in [-0.3, -0.25) is 0 Å². The highest BCUT2D eigenvalue weighted by atomic mass is 32.2. The molecule has 1 aromatic carbocycles. The molecule has 3 rings (SSSR count). The minimum atomic E-state index is -3.16. The van der Waals surface area contributed by atoms with Crippen LogP contribution in [0.3, 0.4) is 0 Å². The molecule has 1 aliphatic heterocycles. The third-order valence-corrected chi connectivity index (χ3v) is 5.84. The van der Waals surface area contributed by atoms with Crippen molar-refractivity contribution in [1.29, 1.82) is 0 Å². The van der Waals surface area contributed by atoms with Crippen LogP contribution in [0, 0.1) is 5.92 Å². The lowest BCUT2D eigenvalue weighted by atomic mass is 10.1. The highest BCUT2D eigenvalue weighted by molar-refractivity contribution is 7.91. The van der Waals surface area contributed by atoms with Gasteiger partial charge in [-0.1, -0.05) is 18.2 Å². The van der Waals surface area contributed by atoms with Crippen LogP contribution in [0.1, 0.15) is 6.42 Å². The number of nitrogens with zero attached hydrogens (tertiary/aromatic N) is 2. The number of nitrogens with one attached hydrogen (secondary N) is 2. The van der Waals surface area contributed by atoms with Crippen LogP contribution in [0.5, 0.6) is 0 Å². The lowest BCUT2D eigenvalue weighted by Gasteiger charge is -2.25. The molecule has 2 heterocycles. The first-order valence-corrected chi connectivity index (χ1v) is 9.54. The summed E-state index contributed by atoms with van der Waals surface area (Å²) in [5.41, 5.74) is 0. The molecule has 0 aliphatic carbocycles. The standard InChI is InChI=1S/C16H22N4O2S/c21-23(22,15-5-2-1-3-6-15)10-4-8-17-11-14-12-18-16-7-9-19-20(16)13-14/h1-3,5-7,9,14,17-18H,4,8,10-13H2. The lowest BCUT2D eigenvalue weighted by Crippen LogP contribution is -2.35. The topological polar surface area (TPSA) is 76.0 Å². The lowest BCUT2D eigenvalue weighted by molar-refractivity contribution is 0.392. The Morgan fingerprint density at radius 3 is 2.91 bits per heavy atom. The Hall–Kier alpha value is -1.86. The number of hydrogen-bond donors (Lipinski definition) is 2. The van der Waals surface area contributed by atoms with E-state index in [0.29, 0.717) is 23.8 Å². The van der Waals surface area contributed by atoms with Gasteiger partial charge in [0.05, 0.1) is 16.8 Å². The van der Waals surface area contributed by atoms with Gasteiger partial charge in [-0.05, 0) is 25.1 Å². The van der Waals surface area contributed by atoms with E-state index in [1.54, 1.807) is 30.5 Å². The normalized spacial score (nSPS) is 17.5. The predicted molar refractivity (Wildman–Crippen MR) is 90.2 cm³/mol. The van der Waals surface area contributed by atoms with E-state index in [1.165, 1.54) is 0 Å². The van der Waals surface area contributed by atoms with Gasteiger partial charge < -0.3 is 10.6 Å². The zero-order valence-corrected chi connectivity index (χ0v) is 13.8. The Balaban J connectivity index is 1.38. The third kappa shape index (κ3) is 4.11.